The highest BCUT2D eigenvalue weighted by Crippen LogP contribution is 2.29. The average molecular weight is 323 g/mol. The van der Waals surface area contributed by atoms with Gasteiger partial charge in [-0.2, -0.15) is 8.42 Å². The van der Waals surface area contributed by atoms with Gasteiger partial charge >= 0.3 is 21.8 Å². The third kappa shape index (κ3) is 3.04. The van der Waals surface area contributed by atoms with Crippen molar-refractivity contribution in [1.82, 2.24) is 0 Å². The molecule has 22 heavy (non-hydrogen) atoms. The Labute approximate surface area is 124 Å². The van der Waals surface area contributed by atoms with Crippen molar-refractivity contribution >= 4 is 21.8 Å². The van der Waals surface area contributed by atoms with Gasteiger partial charge in [-0.3, -0.25) is 10.1 Å². The fraction of sp³-hybridized carbons (Fsp3) is 0. The SMILES string of the molecule is O=C(O)c1ccccc1S(=O)(=O)Oc1ccccc1[N+](=O)[O-]. The summed E-state index contributed by atoms with van der Waals surface area (Å²) in [7, 11) is -4.53. The van der Waals surface area contributed by atoms with Crippen LogP contribution in [0.3, 0.4) is 0 Å². The maximum Gasteiger partial charge on any atom is 0.340 e. The van der Waals surface area contributed by atoms with Crippen LogP contribution < -0.4 is 4.18 Å². The molecular formula is C13H9NO7S. The number of carboxylic acid groups (broad SMARTS) is 1. The van der Waals surface area contributed by atoms with Gasteiger partial charge in [0, 0.05) is 6.07 Å². The minimum absolute atomic E-state index is 0.485. The lowest BCUT2D eigenvalue weighted by molar-refractivity contribution is -0.385. The molecular weight excluding hydrogens is 314 g/mol. The van der Waals surface area contributed by atoms with Gasteiger partial charge in [-0.1, -0.05) is 24.3 Å². The number of aromatic carboxylic acids is 1. The molecule has 0 saturated carbocycles. The summed E-state index contributed by atoms with van der Waals surface area (Å²) in [4.78, 5) is 20.5. The molecule has 0 aliphatic heterocycles. The first-order chi connectivity index (χ1) is 10.3. The van der Waals surface area contributed by atoms with E-state index in [1.165, 1.54) is 24.3 Å². The number of hydrogen-bond donors (Lipinski definition) is 1. The maximum atomic E-state index is 12.2. The van der Waals surface area contributed by atoms with E-state index in [2.05, 4.69) is 0 Å². The van der Waals surface area contributed by atoms with Gasteiger partial charge in [0.1, 0.15) is 4.90 Å². The number of nitrogens with zero attached hydrogens (tertiary/aromatic N) is 1. The van der Waals surface area contributed by atoms with Crippen molar-refractivity contribution in [2.24, 2.45) is 0 Å². The number of benzene rings is 2. The Morgan fingerprint density at radius 1 is 1.09 bits per heavy atom. The number of carboxylic acids is 1. The molecule has 114 valence electrons. The van der Waals surface area contributed by atoms with Crippen LogP contribution >= 0.6 is 0 Å². The van der Waals surface area contributed by atoms with Gasteiger partial charge in [-0.25, -0.2) is 4.79 Å². The smallest absolute Gasteiger partial charge is 0.340 e. The van der Waals surface area contributed by atoms with Crippen LogP contribution in [0.25, 0.3) is 0 Å². The molecule has 9 heteroatoms. The summed E-state index contributed by atoms with van der Waals surface area (Å²) in [6, 6.07) is 9.72. The molecule has 2 aromatic carbocycles. The highest BCUT2D eigenvalue weighted by atomic mass is 32.2. The summed E-state index contributed by atoms with van der Waals surface area (Å²) in [5.41, 5.74) is -1.03. The van der Waals surface area contributed by atoms with E-state index in [1.807, 2.05) is 0 Å². The number of nitro benzene ring substituents is 1. The quantitative estimate of drug-likeness (QED) is 0.507. The van der Waals surface area contributed by atoms with E-state index in [1.54, 1.807) is 0 Å². The predicted octanol–water partition coefficient (Wildman–Crippen LogP) is 2.06. The highest BCUT2D eigenvalue weighted by Gasteiger charge is 2.27. The molecule has 0 aromatic heterocycles. The molecule has 2 rings (SSSR count). The molecule has 0 spiro atoms. The van der Waals surface area contributed by atoms with Crippen LogP contribution in [0.4, 0.5) is 5.69 Å². The van der Waals surface area contributed by atoms with Crippen LogP contribution in [0.5, 0.6) is 5.75 Å². The summed E-state index contributed by atoms with van der Waals surface area (Å²) >= 11 is 0. The van der Waals surface area contributed by atoms with Crippen LogP contribution in [0.15, 0.2) is 53.4 Å². The Morgan fingerprint density at radius 2 is 1.68 bits per heavy atom. The first-order valence-corrected chi connectivity index (χ1v) is 7.24. The van der Waals surface area contributed by atoms with Crippen LogP contribution in [-0.4, -0.2) is 24.4 Å². The van der Waals surface area contributed by atoms with Crippen molar-refractivity contribution in [2.75, 3.05) is 0 Å². The Balaban J connectivity index is 2.50. The van der Waals surface area contributed by atoms with E-state index in [4.69, 9.17) is 9.29 Å². The second kappa shape index (κ2) is 5.82. The number of para-hydroxylation sites is 2. The van der Waals surface area contributed by atoms with E-state index in [0.717, 1.165) is 24.3 Å². The molecule has 8 nitrogen and oxygen atoms in total. The van der Waals surface area contributed by atoms with E-state index in [0.29, 0.717) is 0 Å². The molecule has 1 N–H and O–H groups in total. The largest absolute Gasteiger partial charge is 0.478 e. The highest BCUT2D eigenvalue weighted by molar-refractivity contribution is 7.87. The standard InChI is InChI=1S/C13H9NO7S/c15-13(16)9-5-1-4-8-12(9)22(19,20)21-11-7-3-2-6-10(11)14(17)18/h1-8H,(H,15,16). The normalized spacial score (nSPS) is 10.9. The fourth-order valence-electron chi connectivity index (χ4n) is 1.70. The van der Waals surface area contributed by atoms with Crippen LogP contribution in [0, 0.1) is 10.1 Å². The zero-order valence-electron chi connectivity index (χ0n) is 10.9. The summed E-state index contributed by atoms with van der Waals surface area (Å²) in [6.07, 6.45) is 0. The van der Waals surface area contributed by atoms with Crippen molar-refractivity contribution in [3.05, 3.63) is 64.2 Å². The molecule has 0 amide bonds. The molecule has 0 fully saturated rings. The van der Waals surface area contributed by atoms with E-state index in [9.17, 15) is 23.3 Å². The minimum Gasteiger partial charge on any atom is -0.478 e. The predicted molar refractivity (Wildman–Crippen MR) is 74.3 cm³/mol. The number of rotatable bonds is 5. The molecule has 0 unspecified atom stereocenters. The molecule has 0 heterocycles. The minimum atomic E-state index is -4.53. The number of nitro groups is 1. The Morgan fingerprint density at radius 3 is 2.32 bits per heavy atom. The maximum absolute atomic E-state index is 12.2. The lowest BCUT2D eigenvalue weighted by Gasteiger charge is -2.09. The summed E-state index contributed by atoms with van der Waals surface area (Å²) in [5.74, 6) is -1.95. The van der Waals surface area contributed by atoms with Crippen molar-refractivity contribution in [2.45, 2.75) is 4.90 Å². The van der Waals surface area contributed by atoms with E-state index >= 15 is 0 Å². The molecule has 2 aromatic rings. The molecule has 0 radical (unpaired) electrons. The molecule has 0 aliphatic carbocycles. The summed E-state index contributed by atoms with van der Waals surface area (Å²) in [5, 5.41) is 19.9. The van der Waals surface area contributed by atoms with Crippen LogP contribution in [0.1, 0.15) is 10.4 Å². The van der Waals surface area contributed by atoms with Gasteiger partial charge in [0.25, 0.3) is 0 Å². The number of hydrogen-bond acceptors (Lipinski definition) is 6. The molecule has 0 aliphatic rings. The van der Waals surface area contributed by atoms with Crippen LogP contribution in [0.2, 0.25) is 0 Å². The summed E-state index contributed by atoms with van der Waals surface area (Å²) in [6.45, 7) is 0. The van der Waals surface area contributed by atoms with Crippen molar-refractivity contribution in [3.63, 3.8) is 0 Å². The fourth-order valence-corrected chi connectivity index (χ4v) is 2.84. The van der Waals surface area contributed by atoms with Gasteiger partial charge in [-0.05, 0) is 18.2 Å². The average Bonchev–Trinajstić information content (AvgIpc) is 2.47. The monoisotopic (exact) mass is 323 g/mol. The first-order valence-electron chi connectivity index (χ1n) is 5.83. The zero-order chi connectivity index (χ0) is 16.3. The second-order valence-corrected chi connectivity index (χ2v) is 5.58. The van der Waals surface area contributed by atoms with E-state index < -0.39 is 42.9 Å². The lowest BCUT2D eigenvalue weighted by Crippen LogP contribution is -2.15. The van der Waals surface area contributed by atoms with Gasteiger partial charge in [-0.15, -0.1) is 0 Å². The third-order valence-electron chi connectivity index (χ3n) is 2.65. The van der Waals surface area contributed by atoms with E-state index in [-0.39, 0.29) is 0 Å². The van der Waals surface area contributed by atoms with Crippen molar-refractivity contribution < 1.29 is 27.4 Å². The second-order valence-electron chi connectivity index (χ2n) is 4.06. The van der Waals surface area contributed by atoms with Crippen molar-refractivity contribution in [1.29, 1.82) is 0 Å². The Hall–Kier alpha value is -2.94. The Bertz CT molecular complexity index is 845. The molecule has 0 atom stereocenters. The Kier molecular flexibility index (Phi) is 4.08. The van der Waals surface area contributed by atoms with Gasteiger partial charge in [0.05, 0.1) is 10.5 Å². The van der Waals surface area contributed by atoms with Gasteiger partial charge < -0.3 is 9.29 Å². The summed E-state index contributed by atoms with van der Waals surface area (Å²) < 4.78 is 29.1. The topological polar surface area (TPSA) is 124 Å². The molecule has 0 saturated heterocycles. The van der Waals surface area contributed by atoms with Crippen molar-refractivity contribution in [3.8, 4) is 5.75 Å². The molecule has 0 bridgehead atoms. The zero-order valence-corrected chi connectivity index (χ0v) is 11.7. The van der Waals surface area contributed by atoms with Gasteiger partial charge in [0.15, 0.2) is 0 Å². The number of carbonyl (C=O) groups is 1. The first kappa shape index (κ1) is 15.4. The third-order valence-corrected chi connectivity index (χ3v) is 3.94. The van der Waals surface area contributed by atoms with Crippen LogP contribution in [-0.2, 0) is 10.1 Å². The lowest BCUT2D eigenvalue weighted by atomic mass is 10.2. The van der Waals surface area contributed by atoms with Gasteiger partial charge in [0.2, 0.25) is 5.75 Å².